The number of hydrogen-bond acceptors (Lipinski definition) is 6. The Kier molecular flexibility index (Phi) is 4.78. The van der Waals surface area contributed by atoms with Crippen molar-refractivity contribution in [3.05, 3.63) is 73.9 Å². The molecule has 0 spiro atoms. The number of nitrogens with zero attached hydrogens (tertiary/aromatic N) is 3. The largest absolute Gasteiger partial charge is 0.478 e. The molecule has 152 valence electrons. The van der Waals surface area contributed by atoms with Crippen molar-refractivity contribution in [2.75, 3.05) is 11.9 Å². The molecule has 0 amide bonds. The Hall–Kier alpha value is -4.01. The van der Waals surface area contributed by atoms with E-state index in [0.717, 1.165) is 22.3 Å². The number of aryl methyl sites for hydroxylation is 2. The molecule has 0 fully saturated rings. The van der Waals surface area contributed by atoms with Gasteiger partial charge in [-0.15, -0.1) is 0 Å². The first-order valence-electron chi connectivity index (χ1n) is 9.32. The van der Waals surface area contributed by atoms with Crippen LogP contribution in [0.25, 0.3) is 22.6 Å². The Bertz CT molecular complexity index is 1360. The maximum atomic E-state index is 12.3. The molecule has 0 saturated carbocycles. The topological polar surface area (TPSA) is 130 Å². The maximum absolute atomic E-state index is 12.3. The molecule has 0 saturated heterocycles. The highest BCUT2D eigenvalue weighted by atomic mass is 16.4. The van der Waals surface area contributed by atoms with Crippen molar-refractivity contribution in [1.29, 1.82) is 0 Å². The third kappa shape index (κ3) is 3.52. The van der Waals surface area contributed by atoms with Gasteiger partial charge in [-0.25, -0.2) is 14.6 Å². The van der Waals surface area contributed by atoms with Gasteiger partial charge in [0.05, 0.1) is 16.6 Å². The fourth-order valence-electron chi connectivity index (χ4n) is 3.32. The molecule has 0 atom stereocenters. The number of aromatic nitrogens is 4. The van der Waals surface area contributed by atoms with Gasteiger partial charge in [-0.2, -0.15) is 4.98 Å². The summed E-state index contributed by atoms with van der Waals surface area (Å²) in [5.74, 6) is -0.760. The first kappa shape index (κ1) is 19.3. The number of aromatic carboxylic acids is 1. The van der Waals surface area contributed by atoms with Crippen LogP contribution in [-0.4, -0.2) is 37.1 Å². The molecule has 9 nitrogen and oxygen atoms in total. The van der Waals surface area contributed by atoms with Crippen molar-refractivity contribution in [1.82, 2.24) is 19.5 Å². The number of carboxylic acid groups (broad SMARTS) is 1. The van der Waals surface area contributed by atoms with Crippen LogP contribution in [-0.2, 0) is 6.54 Å². The molecular weight excluding hydrogens is 386 g/mol. The highest BCUT2D eigenvalue weighted by Gasteiger charge is 2.19. The summed E-state index contributed by atoms with van der Waals surface area (Å²) in [5.41, 5.74) is 3.29. The van der Waals surface area contributed by atoms with E-state index in [1.807, 2.05) is 26.0 Å². The van der Waals surface area contributed by atoms with Crippen LogP contribution in [0.5, 0.6) is 0 Å². The second-order valence-electron chi connectivity index (χ2n) is 7.04. The normalized spacial score (nSPS) is 11.1. The molecule has 0 aliphatic carbocycles. The van der Waals surface area contributed by atoms with Crippen molar-refractivity contribution >= 4 is 22.7 Å². The first-order chi connectivity index (χ1) is 14.3. The second kappa shape index (κ2) is 7.43. The number of anilines is 1. The lowest BCUT2D eigenvalue weighted by Crippen LogP contribution is -2.29. The van der Waals surface area contributed by atoms with Crippen molar-refractivity contribution in [2.24, 2.45) is 0 Å². The van der Waals surface area contributed by atoms with Crippen LogP contribution in [0.2, 0.25) is 0 Å². The zero-order chi connectivity index (χ0) is 21.4. The highest BCUT2D eigenvalue weighted by Crippen LogP contribution is 2.23. The number of nitrogens with one attached hydrogen (secondary N) is 2. The van der Waals surface area contributed by atoms with Crippen LogP contribution in [0.15, 0.2) is 46.0 Å². The van der Waals surface area contributed by atoms with Gasteiger partial charge in [0.25, 0.3) is 5.56 Å². The minimum Gasteiger partial charge on any atom is -0.478 e. The lowest BCUT2D eigenvalue weighted by molar-refractivity contribution is 0.0697. The molecule has 0 bridgehead atoms. The molecule has 0 unspecified atom stereocenters. The predicted molar refractivity (Wildman–Crippen MR) is 112 cm³/mol. The van der Waals surface area contributed by atoms with Crippen LogP contribution in [0, 0.1) is 13.8 Å². The molecular formula is C21H19N5O4. The number of H-pyrrole nitrogens is 1. The van der Waals surface area contributed by atoms with Crippen LogP contribution in [0.4, 0.5) is 5.69 Å². The van der Waals surface area contributed by atoms with Gasteiger partial charge < -0.3 is 15.0 Å². The lowest BCUT2D eigenvalue weighted by atomic mass is 10.1. The van der Waals surface area contributed by atoms with Crippen molar-refractivity contribution in [2.45, 2.75) is 20.4 Å². The Balaban J connectivity index is 1.73. The summed E-state index contributed by atoms with van der Waals surface area (Å²) < 4.78 is 1.80. The van der Waals surface area contributed by atoms with Crippen LogP contribution < -0.4 is 16.6 Å². The number of rotatable bonds is 5. The van der Waals surface area contributed by atoms with E-state index in [0.29, 0.717) is 18.6 Å². The maximum Gasteiger partial charge on any atom is 0.349 e. The number of fused-ring (bicyclic) bond motifs is 2. The zero-order valence-electron chi connectivity index (χ0n) is 16.4. The van der Waals surface area contributed by atoms with E-state index in [-0.39, 0.29) is 17.1 Å². The van der Waals surface area contributed by atoms with Gasteiger partial charge >= 0.3 is 11.7 Å². The second-order valence-corrected chi connectivity index (χ2v) is 7.04. The summed E-state index contributed by atoms with van der Waals surface area (Å²) in [4.78, 5) is 45.7. The number of carboxylic acids is 1. The van der Waals surface area contributed by atoms with Crippen molar-refractivity contribution < 1.29 is 9.90 Å². The van der Waals surface area contributed by atoms with E-state index < -0.39 is 17.2 Å². The highest BCUT2D eigenvalue weighted by molar-refractivity contribution is 5.88. The fraction of sp³-hybridized carbons (Fsp3) is 0.190. The SMILES string of the molecule is Cc1cc2nc3c(=O)[nH]c(=O)nc-3n(CCNc3ccc(C(=O)O)cc3)c2cc1C. The molecule has 2 aromatic carbocycles. The van der Waals surface area contributed by atoms with Gasteiger partial charge in [0.15, 0.2) is 11.5 Å². The van der Waals surface area contributed by atoms with Gasteiger partial charge in [0.1, 0.15) is 0 Å². The Morgan fingerprint density at radius 2 is 1.80 bits per heavy atom. The number of hydrogen-bond donors (Lipinski definition) is 3. The lowest BCUT2D eigenvalue weighted by Gasteiger charge is -2.18. The quantitative estimate of drug-likeness (QED) is 0.433. The molecule has 9 heteroatoms. The summed E-state index contributed by atoms with van der Waals surface area (Å²) in [5, 5.41) is 12.2. The fourth-order valence-corrected chi connectivity index (χ4v) is 3.32. The minimum atomic E-state index is -0.984. The van der Waals surface area contributed by atoms with Crippen molar-refractivity contribution in [3.8, 4) is 11.5 Å². The zero-order valence-corrected chi connectivity index (χ0v) is 16.4. The van der Waals surface area contributed by atoms with E-state index in [2.05, 4.69) is 20.3 Å². The Morgan fingerprint density at radius 1 is 1.10 bits per heavy atom. The molecule has 0 radical (unpaired) electrons. The minimum absolute atomic E-state index is 0.108. The smallest absolute Gasteiger partial charge is 0.349 e. The van der Waals surface area contributed by atoms with Crippen molar-refractivity contribution in [3.63, 3.8) is 0 Å². The van der Waals surface area contributed by atoms with Crippen LogP contribution in [0.1, 0.15) is 21.5 Å². The average Bonchev–Trinajstić information content (AvgIpc) is 2.70. The number of benzene rings is 2. The number of carbonyl (C=O) groups is 1. The van der Waals surface area contributed by atoms with Gasteiger partial charge in [-0.1, -0.05) is 0 Å². The van der Waals surface area contributed by atoms with E-state index >= 15 is 0 Å². The first-order valence-corrected chi connectivity index (χ1v) is 9.32. The Labute approximate surface area is 170 Å². The summed E-state index contributed by atoms with van der Waals surface area (Å²) in [6.45, 7) is 4.82. The molecule has 2 aliphatic heterocycles. The van der Waals surface area contributed by atoms with E-state index in [4.69, 9.17) is 5.11 Å². The Morgan fingerprint density at radius 3 is 2.50 bits per heavy atom. The van der Waals surface area contributed by atoms with Gasteiger partial charge in [0.2, 0.25) is 0 Å². The van der Waals surface area contributed by atoms with Gasteiger partial charge in [-0.3, -0.25) is 9.78 Å². The molecule has 2 aliphatic rings. The van der Waals surface area contributed by atoms with E-state index in [9.17, 15) is 14.4 Å². The van der Waals surface area contributed by atoms with Crippen LogP contribution in [0.3, 0.4) is 0 Å². The molecule has 0 aromatic heterocycles. The summed E-state index contributed by atoms with van der Waals surface area (Å²) >= 11 is 0. The molecule has 2 heterocycles. The third-order valence-corrected chi connectivity index (χ3v) is 5.02. The predicted octanol–water partition coefficient (Wildman–Crippen LogP) is 2.01. The van der Waals surface area contributed by atoms with Crippen LogP contribution >= 0.6 is 0 Å². The summed E-state index contributed by atoms with van der Waals surface area (Å²) in [6.07, 6.45) is 0. The van der Waals surface area contributed by atoms with E-state index in [1.165, 1.54) is 12.1 Å². The average molecular weight is 405 g/mol. The monoisotopic (exact) mass is 405 g/mol. The molecule has 30 heavy (non-hydrogen) atoms. The third-order valence-electron chi connectivity index (χ3n) is 5.02. The summed E-state index contributed by atoms with van der Waals surface area (Å²) in [6, 6.07) is 10.3. The van der Waals surface area contributed by atoms with E-state index in [1.54, 1.807) is 16.7 Å². The van der Waals surface area contributed by atoms with Gasteiger partial charge in [0, 0.05) is 18.8 Å². The molecule has 4 rings (SSSR count). The standard InChI is InChI=1S/C21H19N5O4/c1-11-9-15-16(10-12(11)2)26(18-17(23-15)19(27)25-21(30)24-18)8-7-22-14-5-3-13(4-6-14)20(28)29/h3-6,9-10,22H,7-8H2,1-2H3,(H,28,29)(H,25,27,30). The number of aromatic amines is 1. The molecule has 2 aromatic rings. The summed E-state index contributed by atoms with van der Waals surface area (Å²) in [7, 11) is 0. The van der Waals surface area contributed by atoms with Gasteiger partial charge in [-0.05, 0) is 61.4 Å². The molecule has 3 N–H and O–H groups in total.